The largest absolute Gasteiger partial charge is 0.423 e. The first-order valence-corrected chi connectivity index (χ1v) is 17.7. The van der Waals surface area contributed by atoms with Gasteiger partial charge in [-0.05, 0) is 124 Å². The Labute approximate surface area is 287 Å². The van der Waals surface area contributed by atoms with Crippen molar-refractivity contribution in [3.05, 3.63) is 131 Å². The van der Waals surface area contributed by atoms with Gasteiger partial charge in [-0.1, -0.05) is 98.8 Å². The fraction of sp³-hybridized carbons (Fsp3) is 0.381. The maximum atomic E-state index is 12.7. The van der Waals surface area contributed by atoms with E-state index in [4.69, 9.17) is 9.47 Å². The van der Waals surface area contributed by atoms with E-state index in [1.165, 1.54) is 11.1 Å². The molecule has 0 fully saturated rings. The van der Waals surface area contributed by atoms with Crippen molar-refractivity contribution in [1.82, 2.24) is 9.80 Å². The maximum absolute atomic E-state index is 12.7. The van der Waals surface area contributed by atoms with Gasteiger partial charge in [-0.2, -0.15) is 0 Å². The molecule has 0 bridgehead atoms. The van der Waals surface area contributed by atoms with Gasteiger partial charge in [0.2, 0.25) is 0 Å². The van der Waals surface area contributed by atoms with Crippen LogP contribution in [0.25, 0.3) is 0 Å². The van der Waals surface area contributed by atoms with Crippen LogP contribution in [0.5, 0.6) is 11.5 Å². The lowest BCUT2D eigenvalue weighted by molar-refractivity contribution is -0.156. The van der Waals surface area contributed by atoms with E-state index in [1.54, 1.807) is 12.1 Å². The van der Waals surface area contributed by atoms with E-state index in [2.05, 4.69) is 84.3 Å². The Morgan fingerprint density at radius 2 is 0.854 bits per heavy atom. The second kappa shape index (κ2) is 20.9. The van der Waals surface area contributed by atoms with E-state index in [0.717, 1.165) is 102 Å². The average molecular weight is 649 g/mol. The smallest absolute Gasteiger partial charge is 0.418 e. The number of carbonyl (C=O) groups is 2. The summed E-state index contributed by atoms with van der Waals surface area (Å²) < 4.78 is 10.9. The first-order chi connectivity index (χ1) is 23.5. The fourth-order valence-corrected chi connectivity index (χ4v) is 6.01. The van der Waals surface area contributed by atoms with Crippen molar-refractivity contribution in [2.75, 3.05) is 39.3 Å². The monoisotopic (exact) mass is 648 g/mol. The number of esters is 2. The van der Waals surface area contributed by atoms with E-state index in [0.29, 0.717) is 11.5 Å². The first-order valence-electron chi connectivity index (χ1n) is 17.7. The molecule has 4 rings (SSSR count). The van der Waals surface area contributed by atoms with Crippen LogP contribution in [-0.2, 0) is 35.3 Å². The van der Waals surface area contributed by atoms with Crippen LogP contribution in [0.15, 0.2) is 109 Å². The summed E-state index contributed by atoms with van der Waals surface area (Å²) in [5.74, 6) is -1.37. The summed E-state index contributed by atoms with van der Waals surface area (Å²) in [6.45, 7) is 10.4. The summed E-state index contributed by atoms with van der Waals surface area (Å²) >= 11 is 0. The van der Waals surface area contributed by atoms with Crippen molar-refractivity contribution in [2.24, 2.45) is 0 Å². The molecule has 0 radical (unpaired) electrons. The zero-order chi connectivity index (χ0) is 33.8. The fourth-order valence-electron chi connectivity index (χ4n) is 6.01. The van der Waals surface area contributed by atoms with E-state index in [-0.39, 0.29) is 0 Å². The molecule has 0 N–H and O–H groups in total. The van der Waals surface area contributed by atoms with Crippen molar-refractivity contribution in [3.63, 3.8) is 0 Å². The number of aryl methyl sites for hydroxylation is 2. The quantitative estimate of drug-likeness (QED) is 0.0551. The summed E-state index contributed by atoms with van der Waals surface area (Å²) in [5, 5.41) is 0. The van der Waals surface area contributed by atoms with Gasteiger partial charge < -0.3 is 19.3 Å². The third-order valence-electron chi connectivity index (χ3n) is 8.46. The molecule has 0 aromatic heterocycles. The molecule has 6 heteroatoms. The molecule has 0 aliphatic rings. The summed E-state index contributed by atoms with van der Waals surface area (Å²) in [7, 11) is 0. The Morgan fingerprint density at radius 3 is 1.25 bits per heavy atom. The number of benzene rings is 4. The van der Waals surface area contributed by atoms with Gasteiger partial charge in [-0.15, -0.1) is 0 Å². The van der Waals surface area contributed by atoms with Gasteiger partial charge >= 0.3 is 11.9 Å². The Kier molecular flexibility index (Phi) is 15.9. The minimum Gasteiger partial charge on any atom is -0.418 e. The number of hydrogen-bond donors (Lipinski definition) is 0. The van der Waals surface area contributed by atoms with Crippen LogP contribution in [0.2, 0.25) is 0 Å². The SMILES string of the molecule is CCCN(CCCc1ccccc1)CCc1cccc(OC(=O)C(=O)Oc2cccc(CCN(CCC)CCCc3ccccc3)c2)c1. The molecule has 0 saturated carbocycles. The highest BCUT2D eigenvalue weighted by Crippen LogP contribution is 2.18. The van der Waals surface area contributed by atoms with Crippen LogP contribution in [-0.4, -0.2) is 61.0 Å². The standard InChI is InChI=1S/C42H52N2O4/c1-3-27-43(29-13-21-35-15-7-5-8-16-35)31-25-37-19-11-23-39(33-37)47-41(45)42(46)48-40-24-12-20-38(34-40)26-32-44(28-4-2)30-14-22-36-17-9-6-10-18-36/h5-12,15-20,23-24,33-34H,3-4,13-14,21-22,25-32H2,1-2H3. The van der Waals surface area contributed by atoms with Crippen LogP contribution in [0.4, 0.5) is 0 Å². The zero-order valence-corrected chi connectivity index (χ0v) is 28.8. The number of carbonyl (C=O) groups excluding carboxylic acids is 2. The van der Waals surface area contributed by atoms with Crippen LogP contribution in [0.3, 0.4) is 0 Å². The zero-order valence-electron chi connectivity index (χ0n) is 28.8. The molecule has 0 spiro atoms. The van der Waals surface area contributed by atoms with E-state index in [1.807, 2.05) is 36.4 Å². The van der Waals surface area contributed by atoms with Crippen LogP contribution in [0, 0.1) is 0 Å². The normalized spacial score (nSPS) is 11.2. The van der Waals surface area contributed by atoms with E-state index < -0.39 is 11.9 Å². The molecule has 4 aromatic carbocycles. The van der Waals surface area contributed by atoms with Gasteiger partial charge in [0.1, 0.15) is 11.5 Å². The lowest BCUT2D eigenvalue weighted by Gasteiger charge is -2.22. The third-order valence-corrected chi connectivity index (χ3v) is 8.46. The maximum Gasteiger partial charge on any atom is 0.423 e. The average Bonchev–Trinajstić information content (AvgIpc) is 3.11. The molecule has 0 unspecified atom stereocenters. The molecule has 0 heterocycles. The van der Waals surface area contributed by atoms with Gasteiger partial charge in [0.05, 0.1) is 0 Å². The number of hydrogen-bond acceptors (Lipinski definition) is 6. The predicted molar refractivity (Wildman–Crippen MR) is 195 cm³/mol. The minimum absolute atomic E-state index is 0.345. The molecule has 0 aliphatic carbocycles. The molecule has 0 amide bonds. The summed E-state index contributed by atoms with van der Waals surface area (Å²) in [6, 6.07) is 36.0. The topological polar surface area (TPSA) is 59.1 Å². The van der Waals surface area contributed by atoms with Gasteiger partial charge in [0, 0.05) is 13.1 Å². The lowest BCUT2D eigenvalue weighted by atomic mass is 10.1. The first kappa shape index (κ1) is 36.6. The molecular formula is C42H52N2O4. The molecule has 48 heavy (non-hydrogen) atoms. The van der Waals surface area contributed by atoms with Crippen molar-refractivity contribution < 1.29 is 19.1 Å². The molecular weight excluding hydrogens is 596 g/mol. The van der Waals surface area contributed by atoms with Crippen molar-refractivity contribution in [2.45, 2.75) is 65.2 Å². The molecule has 0 atom stereocenters. The highest BCUT2D eigenvalue weighted by Gasteiger charge is 2.20. The second-order valence-electron chi connectivity index (χ2n) is 12.4. The lowest BCUT2D eigenvalue weighted by Crippen LogP contribution is -2.28. The molecule has 0 saturated heterocycles. The van der Waals surface area contributed by atoms with Gasteiger partial charge in [0.15, 0.2) is 0 Å². The molecule has 254 valence electrons. The molecule has 0 aliphatic heterocycles. The number of ether oxygens (including phenoxy) is 2. The Hall–Kier alpha value is -4.26. The predicted octanol–water partition coefficient (Wildman–Crippen LogP) is 7.97. The number of nitrogens with zero attached hydrogens (tertiary/aromatic N) is 2. The third kappa shape index (κ3) is 13.5. The van der Waals surface area contributed by atoms with Gasteiger partial charge in [-0.25, -0.2) is 9.59 Å². The summed E-state index contributed by atoms with van der Waals surface area (Å²) in [6.07, 6.45) is 8.22. The van der Waals surface area contributed by atoms with Crippen molar-refractivity contribution in [3.8, 4) is 11.5 Å². The van der Waals surface area contributed by atoms with Crippen LogP contribution in [0.1, 0.15) is 61.8 Å². The molecule has 4 aromatic rings. The van der Waals surface area contributed by atoms with E-state index >= 15 is 0 Å². The Bertz CT molecular complexity index is 1390. The molecule has 6 nitrogen and oxygen atoms in total. The highest BCUT2D eigenvalue weighted by atomic mass is 16.6. The van der Waals surface area contributed by atoms with E-state index in [9.17, 15) is 9.59 Å². The van der Waals surface area contributed by atoms with Crippen molar-refractivity contribution >= 4 is 11.9 Å². The Morgan fingerprint density at radius 1 is 0.458 bits per heavy atom. The van der Waals surface area contributed by atoms with Crippen LogP contribution >= 0.6 is 0 Å². The van der Waals surface area contributed by atoms with Crippen LogP contribution < -0.4 is 9.47 Å². The summed E-state index contributed by atoms with van der Waals surface area (Å²) in [4.78, 5) is 30.3. The second-order valence-corrected chi connectivity index (χ2v) is 12.4. The Balaban J connectivity index is 1.22. The minimum atomic E-state index is -1.03. The number of rotatable bonds is 20. The highest BCUT2D eigenvalue weighted by molar-refractivity contribution is 6.31. The van der Waals surface area contributed by atoms with Gasteiger partial charge in [-0.3, -0.25) is 0 Å². The van der Waals surface area contributed by atoms with Crippen molar-refractivity contribution in [1.29, 1.82) is 0 Å². The summed E-state index contributed by atoms with van der Waals surface area (Å²) in [5.41, 5.74) is 4.86. The van der Waals surface area contributed by atoms with Gasteiger partial charge in [0.25, 0.3) is 0 Å².